The third-order valence-corrected chi connectivity index (χ3v) is 4.67. The highest BCUT2D eigenvalue weighted by molar-refractivity contribution is 5.94. The maximum atomic E-state index is 12.5. The van der Waals surface area contributed by atoms with Gasteiger partial charge in [0.05, 0.1) is 0 Å². The van der Waals surface area contributed by atoms with Crippen molar-refractivity contribution in [2.24, 2.45) is 5.92 Å². The zero-order chi connectivity index (χ0) is 16.1. The summed E-state index contributed by atoms with van der Waals surface area (Å²) >= 11 is 0. The van der Waals surface area contributed by atoms with Crippen molar-refractivity contribution in [2.75, 3.05) is 26.3 Å². The first-order valence-electron chi connectivity index (χ1n) is 8.46. The molecule has 0 radical (unpaired) electrons. The molecule has 1 aromatic carbocycles. The average Bonchev–Trinajstić information content (AvgIpc) is 2.63. The highest BCUT2D eigenvalue weighted by Gasteiger charge is 2.28. The molecule has 0 bridgehead atoms. The second-order valence-corrected chi connectivity index (χ2v) is 6.35. The third-order valence-electron chi connectivity index (χ3n) is 4.67. The van der Waals surface area contributed by atoms with Crippen LogP contribution in [0, 0.1) is 5.92 Å². The van der Waals surface area contributed by atoms with Crippen molar-refractivity contribution in [1.82, 2.24) is 10.2 Å². The van der Waals surface area contributed by atoms with E-state index in [2.05, 4.69) is 5.32 Å². The molecule has 0 unspecified atom stereocenters. The van der Waals surface area contributed by atoms with E-state index in [4.69, 9.17) is 4.74 Å². The van der Waals surface area contributed by atoms with Crippen molar-refractivity contribution in [3.8, 4) is 0 Å². The zero-order valence-electron chi connectivity index (χ0n) is 13.4. The summed E-state index contributed by atoms with van der Waals surface area (Å²) in [5.41, 5.74) is 0.712. The Labute approximate surface area is 137 Å². The second kappa shape index (κ2) is 7.59. The van der Waals surface area contributed by atoms with Crippen LogP contribution in [0.4, 0.5) is 0 Å². The zero-order valence-corrected chi connectivity index (χ0v) is 13.4. The van der Waals surface area contributed by atoms with E-state index in [1.54, 1.807) is 0 Å². The summed E-state index contributed by atoms with van der Waals surface area (Å²) in [6.07, 6.45) is 3.46. The van der Waals surface area contributed by atoms with Crippen molar-refractivity contribution in [1.29, 1.82) is 0 Å². The SMILES string of the molecule is O=C(N[C@@H]1CCCN(C(=O)c2ccccc2)C1)C1CCOCC1. The largest absolute Gasteiger partial charge is 0.381 e. The molecule has 0 aliphatic carbocycles. The number of rotatable bonds is 3. The van der Waals surface area contributed by atoms with Crippen molar-refractivity contribution in [2.45, 2.75) is 31.7 Å². The monoisotopic (exact) mass is 316 g/mol. The Balaban J connectivity index is 1.55. The molecule has 0 saturated carbocycles. The van der Waals surface area contributed by atoms with Crippen LogP contribution in [0.3, 0.4) is 0 Å². The summed E-state index contributed by atoms with van der Waals surface area (Å²) in [5.74, 6) is 0.229. The minimum absolute atomic E-state index is 0.0515. The van der Waals surface area contributed by atoms with Gasteiger partial charge in [-0.1, -0.05) is 18.2 Å². The second-order valence-electron chi connectivity index (χ2n) is 6.35. The molecule has 2 heterocycles. The lowest BCUT2D eigenvalue weighted by Gasteiger charge is -2.34. The number of likely N-dealkylation sites (tertiary alicyclic amines) is 1. The standard InChI is InChI=1S/C18H24N2O3/c21-17(14-8-11-23-12-9-14)19-16-7-4-10-20(13-16)18(22)15-5-2-1-3-6-15/h1-3,5-6,14,16H,4,7-13H2,(H,19,21)/t16-/m1/s1. The van der Waals surface area contributed by atoms with Crippen molar-refractivity contribution < 1.29 is 14.3 Å². The molecule has 1 aromatic rings. The molecule has 5 heteroatoms. The molecular formula is C18H24N2O3. The first-order valence-corrected chi connectivity index (χ1v) is 8.46. The van der Waals surface area contributed by atoms with Gasteiger partial charge in [-0.15, -0.1) is 0 Å². The summed E-state index contributed by atoms with van der Waals surface area (Å²) in [7, 11) is 0. The maximum absolute atomic E-state index is 12.5. The van der Waals surface area contributed by atoms with Crippen LogP contribution >= 0.6 is 0 Å². The molecule has 1 N–H and O–H groups in total. The number of ether oxygens (including phenoxy) is 1. The minimum atomic E-state index is 0.0515. The van der Waals surface area contributed by atoms with E-state index in [0.717, 1.165) is 32.2 Å². The number of hydrogen-bond donors (Lipinski definition) is 1. The molecule has 2 aliphatic rings. The van der Waals surface area contributed by atoms with Crippen LogP contribution in [0.2, 0.25) is 0 Å². The van der Waals surface area contributed by atoms with Crippen LogP contribution in [0.15, 0.2) is 30.3 Å². The van der Waals surface area contributed by atoms with Gasteiger partial charge >= 0.3 is 0 Å². The van der Waals surface area contributed by atoms with E-state index >= 15 is 0 Å². The van der Waals surface area contributed by atoms with Crippen LogP contribution < -0.4 is 5.32 Å². The summed E-state index contributed by atoms with van der Waals surface area (Å²) < 4.78 is 5.30. The number of nitrogens with one attached hydrogen (secondary N) is 1. The lowest BCUT2D eigenvalue weighted by Crippen LogP contribution is -2.51. The minimum Gasteiger partial charge on any atom is -0.381 e. The third kappa shape index (κ3) is 4.10. The number of amides is 2. The van der Waals surface area contributed by atoms with Gasteiger partial charge in [0, 0.05) is 43.8 Å². The average molecular weight is 316 g/mol. The fraction of sp³-hybridized carbons (Fsp3) is 0.556. The molecule has 23 heavy (non-hydrogen) atoms. The van der Waals surface area contributed by atoms with E-state index in [1.807, 2.05) is 35.2 Å². The van der Waals surface area contributed by atoms with Crippen molar-refractivity contribution in [3.05, 3.63) is 35.9 Å². The van der Waals surface area contributed by atoms with Gasteiger partial charge in [0.2, 0.25) is 5.91 Å². The van der Waals surface area contributed by atoms with Gasteiger partial charge in [-0.2, -0.15) is 0 Å². The van der Waals surface area contributed by atoms with Gasteiger partial charge in [0.15, 0.2) is 0 Å². The van der Waals surface area contributed by atoms with Crippen LogP contribution in [0.25, 0.3) is 0 Å². The van der Waals surface area contributed by atoms with E-state index < -0.39 is 0 Å². The van der Waals surface area contributed by atoms with Gasteiger partial charge in [-0.05, 0) is 37.8 Å². The van der Waals surface area contributed by atoms with Crippen molar-refractivity contribution >= 4 is 11.8 Å². The maximum Gasteiger partial charge on any atom is 0.253 e. The Kier molecular flexibility index (Phi) is 5.28. The van der Waals surface area contributed by atoms with Gasteiger partial charge in [-0.25, -0.2) is 0 Å². The van der Waals surface area contributed by atoms with E-state index in [-0.39, 0.29) is 23.8 Å². The van der Waals surface area contributed by atoms with Gasteiger partial charge < -0.3 is 15.0 Å². The number of carbonyl (C=O) groups excluding carboxylic acids is 2. The van der Waals surface area contributed by atoms with Crippen LogP contribution in [-0.2, 0) is 9.53 Å². The number of nitrogens with zero attached hydrogens (tertiary/aromatic N) is 1. The van der Waals surface area contributed by atoms with E-state index in [1.165, 1.54) is 0 Å². The predicted molar refractivity (Wildman–Crippen MR) is 87.1 cm³/mol. The fourth-order valence-corrected chi connectivity index (χ4v) is 3.32. The molecule has 0 spiro atoms. The normalized spacial score (nSPS) is 22.6. The topological polar surface area (TPSA) is 58.6 Å². The summed E-state index contributed by atoms with van der Waals surface area (Å²) in [4.78, 5) is 26.7. The molecule has 1 atom stereocenters. The molecule has 2 fully saturated rings. The summed E-state index contributed by atoms with van der Waals surface area (Å²) in [6.45, 7) is 2.70. The predicted octanol–water partition coefficient (Wildman–Crippen LogP) is 1.83. The number of benzene rings is 1. The summed E-state index contributed by atoms with van der Waals surface area (Å²) in [6, 6.07) is 9.40. The Morgan fingerprint density at radius 3 is 2.57 bits per heavy atom. The first kappa shape index (κ1) is 16.0. The first-order chi connectivity index (χ1) is 11.2. The Morgan fingerprint density at radius 1 is 1.09 bits per heavy atom. The van der Waals surface area contributed by atoms with Gasteiger partial charge in [0.1, 0.15) is 0 Å². The lowest BCUT2D eigenvalue weighted by atomic mass is 9.97. The van der Waals surface area contributed by atoms with Crippen molar-refractivity contribution in [3.63, 3.8) is 0 Å². The number of piperidine rings is 1. The molecule has 124 valence electrons. The molecule has 0 aromatic heterocycles. The highest BCUT2D eigenvalue weighted by Crippen LogP contribution is 2.18. The molecule has 2 saturated heterocycles. The smallest absolute Gasteiger partial charge is 0.253 e. The van der Waals surface area contributed by atoms with E-state index in [9.17, 15) is 9.59 Å². The van der Waals surface area contributed by atoms with Crippen LogP contribution in [0.5, 0.6) is 0 Å². The quantitative estimate of drug-likeness (QED) is 0.925. The summed E-state index contributed by atoms with van der Waals surface area (Å²) in [5, 5.41) is 3.14. The number of carbonyl (C=O) groups is 2. The van der Waals surface area contributed by atoms with Crippen LogP contribution in [-0.4, -0.2) is 49.1 Å². The lowest BCUT2D eigenvalue weighted by molar-refractivity contribution is -0.128. The molecular weight excluding hydrogens is 292 g/mol. The Hall–Kier alpha value is -1.88. The Bertz CT molecular complexity index is 540. The van der Waals surface area contributed by atoms with E-state index in [0.29, 0.717) is 25.3 Å². The Morgan fingerprint density at radius 2 is 1.83 bits per heavy atom. The van der Waals surface area contributed by atoms with Crippen LogP contribution in [0.1, 0.15) is 36.0 Å². The molecule has 2 amide bonds. The molecule has 5 nitrogen and oxygen atoms in total. The number of hydrogen-bond acceptors (Lipinski definition) is 3. The van der Waals surface area contributed by atoms with Gasteiger partial charge in [-0.3, -0.25) is 9.59 Å². The highest BCUT2D eigenvalue weighted by atomic mass is 16.5. The fourth-order valence-electron chi connectivity index (χ4n) is 3.32. The molecule has 2 aliphatic heterocycles. The van der Waals surface area contributed by atoms with Gasteiger partial charge in [0.25, 0.3) is 5.91 Å². The molecule has 3 rings (SSSR count).